The Morgan fingerprint density at radius 3 is 2.05 bits per heavy atom. The number of pyridine rings is 1. The number of nitrogens with zero attached hydrogens (tertiary/aromatic N) is 2. The summed E-state index contributed by atoms with van der Waals surface area (Å²) in [5, 5.41) is 0. The lowest BCUT2D eigenvalue weighted by molar-refractivity contribution is -0.287. The topological polar surface area (TPSA) is 103 Å². The van der Waals surface area contributed by atoms with Crippen LogP contribution >= 0.6 is 11.3 Å². The molecule has 0 saturated carbocycles. The quantitative estimate of drug-likeness (QED) is 0.247. The van der Waals surface area contributed by atoms with Crippen molar-refractivity contribution in [1.29, 1.82) is 0 Å². The number of hydrogen-bond donors (Lipinski definition) is 0. The van der Waals surface area contributed by atoms with Crippen LogP contribution in [0.2, 0.25) is 0 Å². The third kappa shape index (κ3) is 7.21. The van der Waals surface area contributed by atoms with Crippen molar-refractivity contribution in [2.45, 2.75) is 69.7 Å². The average Bonchev–Trinajstić information content (AvgIpc) is 3.24. The summed E-state index contributed by atoms with van der Waals surface area (Å²) in [6, 6.07) is 0.876. The first-order valence-corrected chi connectivity index (χ1v) is 13.7. The van der Waals surface area contributed by atoms with Crippen LogP contribution in [0.3, 0.4) is 0 Å². The number of thiophene rings is 1. The zero-order valence-electron chi connectivity index (χ0n) is 22.0. The van der Waals surface area contributed by atoms with E-state index in [0.717, 1.165) is 7.11 Å². The number of rotatable bonds is 8. The molecule has 2 rings (SSSR count). The lowest BCUT2D eigenvalue weighted by Crippen LogP contribution is -2.38. The Labute approximate surface area is 229 Å². The number of aromatic nitrogens is 1. The van der Waals surface area contributed by atoms with Gasteiger partial charge < -0.3 is 9.47 Å². The van der Waals surface area contributed by atoms with E-state index in [1.807, 2.05) is 0 Å². The number of hydrogen-bond acceptors (Lipinski definition) is 8. The first-order valence-electron chi connectivity index (χ1n) is 11.2. The Morgan fingerprint density at radius 1 is 1.02 bits per heavy atom. The van der Waals surface area contributed by atoms with Gasteiger partial charge in [0.05, 0.1) is 24.3 Å². The van der Waals surface area contributed by atoms with E-state index >= 15 is 0 Å². The van der Waals surface area contributed by atoms with Crippen molar-refractivity contribution >= 4 is 39.1 Å². The van der Waals surface area contributed by atoms with Crippen molar-refractivity contribution in [3.8, 4) is 0 Å². The number of alkyl halides is 7. The highest BCUT2D eigenvalue weighted by atomic mass is 32.2. The van der Waals surface area contributed by atoms with Gasteiger partial charge in [0.1, 0.15) is 15.4 Å². The van der Waals surface area contributed by atoms with E-state index in [4.69, 9.17) is 4.74 Å². The van der Waals surface area contributed by atoms with E-state index in [1.165, 1.54) is 27.7 Å². The molecule has 0 bridgehead atoms. The van der Waals surface area contributed by atoms with Gasteiger partial charge >= 0.3 is 24.2 Å². The normalized spacial score (nSPS) is 13.2. The maximum absolute atomic E-state index is 14.2. The summed E-state index contributed by atoms with van der Waals surface area (Å²) in [4.78, 5) is 26.4. The van der Waals surface area contributed by atoms with Gasteiger partial charge in [0.25, 0.3) is 5.92 Å². The second-order valence-corrected chi connectivity index (χ2v) is 12.7. The molecule has 17 heteroatoms. The van der Waals surface area contributed by atoms with Gasteiger partial charge in [-0.1, -0.05) is 6.92 Å². The average molecular weight is 623 g/mol. The molecule has 0 aromatic carbocycles. The highest BCUT2D eigenvalue weighted by Crippen LogP contribution is 2.47. The Bertz CT molecular complexity index is 1380. The molecule has 0 N–H and O–H groups in total. The van der Waals surface area contributed by atoms with Crippen molar-refractivity contribution in [1.82, 2.24) is 4.98 Å². The van der Waals surface area contributed by atoms with E-state index in [9.17, 15) is 48.7 Å². The summed E-state index contributed by atoms with van der Waals surface area (Å²) < 4.78 is 131. The molecule has 0 unspecified atom stereocenters. The molecule has 0 fully saturated rings. The fourth-order valence-electron chi connectivity index (χ4n) is 3.08. The Morgan fingerprint density at radius 2 is 1.60 bits per heavy atom. The number of anilines is 1. The van der Waals surface area contributed by atoms with Crippen LogP contribution in [-0.4, -0.2) is 50.1 Å². The predicted molar refractivity (Wildman–Crippen MR) is 130 cm³/mol. The van der Waals surface area contributed by atoms with Crippen LogP contribution in [0.1, 0.15) is 60.3 Å². The molecule has 0 spiro atoms. The number of carbonyl (C=O) groups excluding carboxylic acids is 2. The molecule has 0 atom stereocenters. The van der Waals surface area contributed by atoms with Crippen LogP contribution in [0.5, 0.6) is 0 Å². The van der Waals surface area contributed by atoms with E-state index in [0.29, 0.717) is 30.2 Å². The first kappa shape index (κ1) is 33.3. The highest BCUT2D eigenvalue weighted by Gasteiger charge is 2.60. The van der Waals surface area contributed by atoms with E-state index in [-0.39, 0.29) is 11.3 Å². The van der Waals surface area contributed by atoms with Crippen molar-refractivity contribution in [3.05, 3.63) is 39.2 Å². The maximum atomic E-state index is 14.2. The number of methoxy groups -OCH3 is 1. The summed E-state index contributed by atoms with van der Waals surface area (Å²) in [6.07, 6.45) is -6.84. The second-order valence-electron chi connectivity index (χ2n) is 9.43. The molecule has 0 aliphatic heterocycles. The number of halogens is 7. The minimum atomic E-state index is -6.04. The Kier molecular flexibility index (Phi) is 9.26. The smallest absolute Gasteiger partial charge is 0.458 e. The fourth-order valence-corrected chi connectivity index (χ4v) is 5.23. The molecular formula is C23H25F7N2O6S2. The van der Waals surface area contributed by atoms with Crippen molar-refractivity contribution < 1.29 is 58.2 Å². The molecule has 224 valence electrons. The monoisotopic (exact) mass is 622 g/mol. The molecule has 1 amide bonds. The van der Waals surface area contributed by atoms with Crippen molar-refractivity contribution in [2.75, 3.05) is 17.8 Å². The van der Waals surface area contributed by atoms with Crippen LogP contribution < -0.4 is 4.90 Å². The summed E-state index contributed by atoms with van der Waals surface area (Å²) in [5.41, 5.74) is -2.69. The predicted octanol–water partition coefficient (Wildman–Crippen LogP) is 6.43. The number of ether oxygens (including phenoxy) is 2. The molecule has 0 aliphatic carbocycles. The number of carbonyl (C=O) groups is 2. The zero-order valence-corrected chi connectivity index (χ0v) is 23.6. The van der Waals surface area contributed by atoms with Gasteiger partial charge in [-0.3, -0.25) is 4.90 Å². The summed E-state index contributed by atoms with van der Waals surface area (Å²) >= 11 is -0.253. The summed E-state index contributed by atoms with van der Waals surface area (Å²) in [6.45, 7) is 4.85. The Hall–Kier alpha value is -2.95. The molecule has 0 radical (unpaired) electrons. The summed E-state index contributed by atoms with van der Waals surface area (Å²) in [5.74, 6) is -11.7. The van der Waals surface area contributed by atoms with Crippen LogP contribution in [-0.2, 0) is 37.7 Å². The fraction of sp³-hybridized carbons (Fsp3) is 0.522. The van der Waals surface area contributed by atoms with Gasteiger partial charge in [0.2, 0.25) is 0 Å². The second kappa shape index (κ2) is 11.1. The lowest BCUT2D eigenvalue weighted by Gasteiger charge is -2.28. The summed E-state index contributed by atoms with van der Waals surface area (Å²) in [7, 11) is -3.57. The van der Waals surface area contributed by atoms with Gasteiger partial charge in [0, 0.05) is 18.7 Å². The van der Waals surface area contributed by atoms with E-state index < -0.39 is 89.4 Å². The van der Waals surface area contributed by atoms with Crippen LogP contribution in [0, 0.1) is 0 Å². The van der Waals surface area contributed by atoms with Gasteiger partial charge in [0.15, 0.2) is 15.7 Å². The van der Waals surface area contributed by atoms with E-state index in [2.05, 4.69) is 9.72 Å². The minimum absolute atomic E-state index is 0.253. The van der Waals surface area contributed by atoms with Crippen LogP contribution in [0.4, 0.5) is 41.3 Å². The first-order chi connectivity index (χ1) is 18.0. The maximum Gasteiger partial charge on any atom is 0.458 e. The molecule has 0 saturated heterocycles. The number of sulfone groups is 1. The van der Waals surface area contributed by atoms with Gasteiger partial charge in [-0.25, -0.2) is 31.8 Å². The lowest BCUT2D eigenvalue weighted by atomic mass is 10.1. The molecule has 40 heavy (non-hydrogen) atoms. The molecule has 8 nitrogen and oxygen atoms in total. The van der Waals surface area contributed by atoms with Crippen LogP contribution in [0.25, 0.3) is 0 Å². The van der Waals surface area contributed by atoms with Gasteiger partial charge in [-0.15, -0.1) is 11.3 Å². The molecule has 2 aromatic rings. The van der Waals surface area contributed by atoms with E-state index in [1.54, 1.807) is 0 Å². The SMILES string of the molecule is CCS(=O)(=O)c1cc(C(C)(F)F)cnc1N(Cc1cc(C(F)(F)C(F)(F)F)sc1C(=O)OC)C(=O)OC(C)(C)C. The number of esters is 1. The Balaban J connectivity index is 2.87. The minimum Gasteiger partial charge on any atom is -0.465 e. The number of amides is 1. The third-order valence-electron chi connectivity index (χ3n) is 5.10. The largest absolute Gasteiger partial charge is 0.465 e. The van der Waals surface area contributed by atoms with Gasteiger partial charge in [-0.05, 0) is 38.5 Å². The van der Waals surface area contributed by atoms with Gasteiger partial charge in [-0.2, -0.15) is 22.0 Å². The zero-order chi connectivity index (χ0) is 31.1. The molecule has 0 aliphatic rings. The highest BCUT2D eigenvalue weighted by molar-refractivity contribution is 7.91. The van der Waals surface area contributed by atoms with Crippen molar-refractivity contribution in [2.24, 2.45) is 0 Å². The molecule has 2 aromatic heterocycles. The standard InChI is InChI=1S/C23H25F7N2O6S2/c1-7-40(35,36)14-9-13(21(5,24)25)10-31-17(14)32(19(34)38-20(2,3)4)11-12-8-15(22(26,27)23(28,29)30)39-16(12)18(33)37-6/h8-10H,7,11H2,1-6H3. The molecular weight excluding hydrogens is 597 g/mol. The third-order valence-corrected chi connectivity index (χ3v) is 8.06. The van der Waals surface area contributed by atoms with Crippen LogP contribution in [0.15, 0.2) is 23.2 Å². The molecule has 2 heterocycles. The van der Waals surface area contributed by atoms with Crippen molar-refractivity contribution in [3.63, 3.8) is 0 Å².